The van der Waals surface area contributed by atoms with Gasteiger partial charge in [0.1, 0.15) is 0 Å². The molecule has 124 valence electrons. The van der Waals surface area contributed by atoms with Gasteiger partial charge < -0.3 is 0 Å². The van der Waals surface area contributed by atoms with E-state index in [9.17, 15) is 0 Å². The number of benzene rings is 3. The van der Waals surface area contributed by atoms with Crippen molar-refractivity contribution in [1.82, 2.24) is 0 Å². The van der Waals surface area contributed by atoms with Gasteiger partial charge in [0.25, 0.3) is 0 Å². The Labute approximate surface area is 150 Å². The molecule has 1 aliphatic carbocycles. The molecule has 0 heteroatoms. The highest BCUT2D eigenvalue weighted by Crippen LogP contribution is 2.49. The maximum atomic E-state index is 2.36. The lowest BCUT2D eigenvalue weighted by Gasteiger charge is -2.22. The number of aryl methyl sites for hydroxylation is 2. The smallest absolute Gasteiger partial charge is 0.0159 e. The molecular weight excluding hydrogens is 300 g/mol. The first-order valence-electron chi connectivity index (χ1n) is 8.96. The van der Waals surface area contributed by atoms with Crippen LogP contribution in [0.25, 0.3) is 23.3 Å². The van der Waals surface area contributed by atoms with Gasteiger partial charge >= 0.3 is 0 Å². The average Bonchev–Trinajstić information content (AvgIpc) is 2.82. The summed E-state index contributed by atoms with van der Waals surface area (Å²) >= 11 is 0. The zero-order valence-electron chi connectivity index (χ0n) is 15.4. The molecule has 3 aromatic rings. The monoisotopic (exact) mass is 324 g/mol. The molecule has 0 atom stereocenters. The summed E-state index contributed by atoms with van der Waals surface area (Å²) in [5.74, 6) is 0. The van der Waals surface area contributed by atoms with Crippen molar-refractivity contribution in [3.63, 3.8) is 0 Å². The van der Waals surface area contributed by atoms with Crippen molar-refractivity contribution >= 4 is 12.2 Å². The van der Waals surface area contributed by atoms with Gasteiger partial charge in [0.15, 0.2) is 0 Å². The number of fused-ring (bicyclic) bond motifs is 3. The molecule has 0 aromatic heterocycles. The van der Waals surface area contributed by atoms with Crippen molar-refractivity contribution < 1.29 is 0 Å². The average molecular weight is 324 g/mol. The van der Waals surface area contributed by atoms with Crippen LogP contribution in [0.1, 0.15) is 47.2 Å². The fourth-order valence-corrected chi connectivity index (χ4v) is 3.84. The molecule has 0 aliphatic heterocycles. The minimum atomic E-state index is 0.0599. The predicted molar refractivity (Wildman–Crippen MR) is 109 cm³/mol. The van der Waals surface area contributed by atoms with E-state index in [-0.39, 0.29) is 5.41 Å². The summed E-state index contributed by atoms with van der Waals surface area (Å²) in [6.07, 6.45) is 4.41. The lowest BCUT2D eigenvalue weighted by atomic mass is 9.81. The second kappa shape index (κ2) is 5.74. The Kier molecular flexibility index (Phi) is 3.65. The van der Waals surface area contributed by atoms with Crippen LogP contribution in [0.2, 0.25) is 0 Å². The van der Waals surface area contributed by atoms with Gasteiger partial charge in [-0.05, 0) is 47.2 Å². The summed E-state index contributed by atoms with van der Waals surface area (Å²) in [6, 6.07) is 22.4. The lowest BCUT2D eigenvalue weighted by Crippen LogP contribution is -2.15. The molecule has 0 N–H and O–H groups in total. The second-order valence-corrected chi connectivity index (χ2v) is 7.72. The number of hydrogen-bond donors (Lipinski definition) is 0. The third-order valence-electron chi connectivity index (χ3n) is 5.40. The van der Waals surface area contributed by atoms with Crippen LogP contribution >= 0.6 is 0 Å². The van der Waals surface area contributed by atoms with Gasteiger partial charge in [-0.25, -0.2) is 0 Å². The molecule has 0 saturated carbocycles. The van der Waals surface area contributed by atoms with E-state index in [4.69, 9.17) is 0 Å². The van der Waals surface area contributed by atoms with Crippen LogP contribution in [-0.4, -0.2) is 0 Å². The van der Waals surface area contributed by atoms with E-state index < -0.39 is 0 Å². The van der Waals surface area contributed by atoms with E-state index in [0.29, 0.717) is 0 Å². The van der Waals surface area contributed by atoms with Crippen molar-refractivity contribution in [3.05, 3.63) is 94.0 Å². The Morgan fingerprint density at radius 2 is 1.12 bits per heavy atom. The highest BCUT2D eigenvalue weighted by molar-refractivity contribution is 5.83. The Bertz CT molecular complexity index is 969. The summed E-state index contributed by atoms with van der Waals surface area (Å²) in [6.45, 7) is 8.97. The van der Waals surface area contributed by atoms with Crippen LogP contribution in [0.15, 0.2) is 60.7 Å². The SMILES string of the molecule is Cc1ccc(C=Cc2ccc3c(c2)C(C)(C)c2cc(C)ccc2-3)cc1. The van der Waals surface area contributed by atoms with Crippen LogP contribution in [0.5, 0.6) is 0 Å². The summed E-state index contributed by atoms with van der Waals surface area (Å²) in [7, 11) is 0. The Morgan fingerprint density at radius 3 is 1.84 bits per heavy atom. The predicted octanol–water partition coefficient (Wildman–Crippen LogP) is 6.78. The van der Waals surface area contributed by atoms with Gasteiger partial charge in [-0.2, -0.15) is 0 Å². The molecule has 25 heavy (non-hydrogen) atoms. The zero-order chi connectivity index (χ0) is 17.6. The third-order valence-corrected chi connectivity index (χ3v) is 5.40. The molecule has 0 unspecified atom stereocenters. The zero-order valence-corrected chi connectivity index (χ0v) is 15.4. The molecule has 0 nitrogen and oxygen atoms in total. The van der Waals surface area contributed by atoms with Crippen molar-refractivity contribution in [2.24, 2.45) is 0 Å². The van der Waals surface area contributed by atoms with Gasteiger partial charge in [-0.15, -0.1) is 0 Å². The van der Waals surface area contributed by atoms with Gasteiger partial charge in [0.2, 0.25) is 0 Å². The first-order chi connectivity index (χ1) is 11.9. The fraction of sp³-hybridized carbons (Fsp3) is 0.200. The Morgan fingerprint density at radius 1 is 0.600 bits per heavy atom. The molecule has 0 radical (unpaired) electrons. The lowest BCUT2D eigenvalue weighted by molar-refractivity contribution is 0.659. The molecule has 3 aromatic carbocycles. The first kappa shape index (κ1) is 15.9. The fourth-order valence-electron chi connectivity index (χ4n) is 3.84. The summed E-state index contributed by atoms with van der Waals surface area (Å²) in [5.41, 5.74) is 10.8. The summed E-state index contributed by atoms with van der Waals surface area (Å²) < 4.78 is 0. The van der Waals surface area contributed by atoms with Crippen molar-refractivity contribution in [3.8, 4) is 11.1 Å². The number of rotatable bonds is 2. The van der Waals surface area contributed by atoms with E-state index in [1.807, 2.05) is 0 Å². The largest absolute Gasteiger partial charge is 0.0587 e. The van der Waals surface area contributed by atoms with Crippen molar-refractivity contribution in [2.75, 3.05) is 0 Å². The minimum absolute atomic E-state index is 0.0599. The molecule has 0 amide bonds. The Balaban J connectivity index is 1.73. The van der Waals surface area contributed by atoms with Gasteiger partial charge in [-0.3, -0.25) is 0 Å². The molecule has 1 aliphatic rings. The standard InChI is InChI=1S/C25H24/c1-17-5-8-19(9-6-17)10-11-20-12-14-22-21-13-7-18(2)15-23(21)25(3,4)24(22)16-20/h5-16H,1-4H3. The first-order valence-corrected chi connectivity index (χ1v) is 8.96. The number of hydrogen-bond acceptors (Lipinski definition) is 0. The quantitative estimate of drug-likeness (QED) is 0.456. The molecule has 0 saturated heterocycles. The molecule has 0 heterocycles. The summed E-state index contributed by atoms with van der Waals surface area (Å²) in [5, 5.41) is 0. The van der Waals surface area contributed by atoms with E-state index in [1.165, 1.54) is 44.5 Å². The minimum Gasteiger partial charge on any atom is -0.0587 e. The highest BCUT2D eigenvalue weighted by Gasteiger charge is 2.35. The van der Waals surface area contributed by atoms with Crippen LogP contribution in [0.4, 0.5) is 0 Å². The summed E-state index contributed by atoms with van der Waals surface area (Å²) in [4.78, 5) is 0. The van der Waals surface area contributed by atoms with Gasteiger partial charge in [-0.1, -0.05) is 97.8 Å². The van der Waals surface area contributed by atoms with Crippen LogP contribution in [-0.2, 0) is 5.41 Å². The molecule has 0 bridgehead atoms. The normalized spacial score (nSPS) is 14.6. The molecular formula is C25H24. The second-order valence-electron chi connectivity index (χ2n) is 7.72. The van der Waals surface area contributed by atoms with Crippen molar-refractivity contribution in [2.45, 2.75) is 33.1 Å². The van der Waals surface area contributed by atoms with Crippen molar-refractivity contribution in [1.29, 1.82) is 0 Å². The van der Waals surface area contributed by atoms with E-state index in [0.717, 1.165) is 0 Å². The van der Waals surface area contributed by atoms with Crippen LogP contribution in [0, 0.1) is 13.8 Å². The topological polar surface area (TPSA) is 0 Å². The van der Waals surface area contributed by atoms with E-state index >= 15 is 0 Å². The highest BCUT2D eigenvalue weighted by atomic mass is 14.4. The molecule has 4 rings (SSSR count). The maximum Gasteiger partial charge on any atom is 0.0159 e. The van der Waals surface area contributed by atoms with Gasteiger partial charge in [0.05, 0.1) is 0 Å². The van der Waals surface area contributed by atoms with Gasteiger partial charge in [0, 0.05) is 5.41 Å². The molecule has 0 fully saturated rings. The van der Waals surface area contributed by atoms with Crippen LogP contribution < -0.4 is 0 Å². The van der Waals surface area contributed by atoms with E-state index in [2.05, 4.69) is 101 Å². The Hall–Kier alpha value is -2.60. The molecule has 0 spiro atoms. The third kappa shape index (κ3) is 2.72. The maximum absolute atomic E-state index is 2.36. The van der Waals surface area contributed by atoms with E-state index in [1.54, 1.807) is 0 Å². The van der Waals surface area contributed by atoms with Crippen LogP contribution in [0.3, 0.4) is 0 Å².